The van der Waals surface area contributed by atoms with Gasteiger partial charge in [0.05, 0.1) is 11.1 Å². The summed E-state index contributed by atoms with van der Waals surface area (Å²) >= 11 is 5.83. The molecule has 1 aromatic heterocycles. The molecule has 0 aliphatic heterocycles. The van der Waals surface area contributed by atoms with Crippen LogP contribution in [-0.2, 0) is 5.54 Å². The summed E-state index contributed by atoms with van der Waals surface area (Å²) in [5, 5.41) is 15.2. The first-order valence-electron chi connectivity index (χ1n) is 6.37. The topological polar surface area (TPSA) is 50.9 Å². The van der Waals surface area contributed by atoms with Crippen LogP contribution in [0.3, 0.4) is 0 Å². The molecule has 4 aliphatic rings. The van der Waals surface area contributed by atoms with Crippen LogP contribution in [0.1, 0.15) is 38.5 Å². The van der Waals surface area contributed by atoms with Gasteiger partial charge in [0.15, 0.2) is 0 Å². The lowest BCUT2D eigenvalue weighted by Crippen LogP contribution is -2.59. The fourth-order valence-electron chi connectivity index (χ4n) is 4.91. The predicted molar refractivity (Wildman–Crippen MR) is 62.6 cm³/mol. The monoisotopic (exact) mass is 253 g/mol. The van der Waals surface area contributed by atoms with Crippen LogP contribution in [0.15, 0.2) is 6.33 Å². The summed E-state index contributed by atoms with van der Waals surface area (Å²) in [5.41, 5.74) is -0.471. The van der Waals surface area contributed by atoms with Crippen molar-refractivity contribution in [1.82, 2.24) is 14.8 Å². The minimum absolute atomic E-state index is 0.0149. The second-order valence-corrected chi connectivity index (χ2v) is 6.71. The Morgan fingerprint density at radius 1 is 1.29 bits per heavy atom. The first kappa shape index (κ1) is 10.3. The molecular weight excluding hydrogens is 238 g/mol. The van der Waals surface area contributed by atoms with Crippen molar-refractivity contribution in [3.63, 3.8) is 0 Å². The van der Waals surface area contributed by atoms with Crippen molar-refractivity contribution in [2.45, 2.75) is 49.7 Å². The minimum atomic E-state index is -0.456. The molecule has 5 rings (SSSR count). The third kappa shape index (κ3) is 1.40. The van der Waals surface area contributed by atoms with Crippen LogP contribution in [0.25, 0.3) is 0 Å². The van der Waals surface area contributed by atoms with Gasteiger partial charge >= 0.3 is 0 Å². The zero-order valence-corrected chi connectivity index (χ0v) is 10.4. The number of hydrogen-bond acceptors (Lipinski definition) is 3. The van der Waals surface area contributed by atoms with E-state index in [2.05, 4.69) is 10.1 Å². The number of nitrogens with zero attached hydrogens (tertiary/aromatic N) is 3. The molecule has 0 amide bonds. The Balaban J connectivity index is 1.79. The van der Waals surface area contributed by atoms with Gasteiger partial charge < -0.3 is 5.11 Å². The highest BCUT2D eigenvalue weighted by Crippen LogP contribution is 2.60. The maximum atomic E-state index is 10.6. The molecule has 92 valence electrons. The van der Waals surface area contributed by atoms with E-state index >= 15 is 0 Å². The first-order chi connectivity index (χ1) is 8.07. The molecular formula is C12H16ClN3O. The van der Waals surface area contributed by atoms with Crippen LogP contribution in [0.4, 0.5) is 0 Å². The summed E-state index contributed by atoms with van der Waals surface area (Å²) in [7, 11) is 0. The van der Waals surface area contributed by atoms with Gasteiger partial charge in [0, 0.05) is 6.42 Å². The lowest BCUT2D eigenvalue weighted by molar-refractivity contribution is -0.159. The van der Waals surface area contributed by atoms with E-state index in [-0.39, 0.29) is 5.54 Å². The van der Waals surface area contributed by atoms with E-state index in [9.17, 15) is 5.11 Å². The summed E-state index contributed by atoms with van der Waals surface area (Å²) < 4.78 is 1.93. The smallest absolute Gasteiger partial charge is 0.242 e. The summed E-state index contributed by atoms with van der Waals surface area (Å²) in [6.45, 7) is 0. The van der Waals surface area contributed by atoms with Crippen LogP contribution in [0, 0.1) is 11.8 Å². The molecule has 0 saturated heterocycles. The zero-order valence-electron chi connectivity index (χ0n) is 9.64. The van der Waals surface area contributed by atoms with Gasteiger partial charge in [0.2, 0.25) is 5.28 Å². The molecule has 4 saturated carbocycles. The number of aliphatic hydroxyl groups is 1. The van der Waals surface area contributed by atoms with Crippen molar-refractivity contribution in [2.75, 3.05) is 0 Å². The normalized spacial score (nSPS) is 47.6. The van der Waals surface area contributed by atoms with Crippen LogP contribution < -0.4 is 0 Å². The third-order valence-corrected chi connectivity index (χ3v) is 5.12. The van der Waals surface area contributed by atoms with Crippen molar-refractivity contribution in [3.05, 3.63) is 11.6 Å². The molecule has 2 atom stereocenters. The van der Waals surface area contributed by atoms with Gasteiger partial charge in [-0.25, -0.2) is 9.67 Å². The summed E-state index contributed by atoms with van der Waals surface area (Å²) in [6, 6.07) is 0. The quantitative estimate of drug-likeness (QED) is 0.833. The molecule has 17 heavy (non-hydrogen) atoms. The Kier molecular flexibility index (Phi) is 1.84. The van der Waals surface area contributed by atoms with Crippen molar-refractivity contribution >= 4 is 11.6 Å². The number of rotatable bonds is 1. The second-order valence-electron chi connectivity index (χ2n) is 6.37. The Hall–Kier alpha value is -0.610. The molecule has 0 aromatic carbocycles. The van der Waals surface area contributed by atoms with Crippen LogP contribution >= 0.6 is 11.6 Å². The summed E-state index contributed by atoms with van der Waals surface area (Å²) in [4.78, 5) is 4.03. The van der Waals surface area contributed by atoms with E-state index in [1.54, 1.807) is 6.33 Å². The standard InChI is InChI=1S/C12H16ClN3O/c13-10-14-7-16(15-10)11-2-8-1-9(3-11)5-12(17,4-8)6-11/h7-9,17H,1-6H2. The van der Waals surface area contributed by atoms with Crippen molar-refractivity contribution in [1.29, 1.82) is 0 Å². The van der Waals surface area contributed by atoms with Crippen molar-refractivity contribution < 1.29 is 5.11 Å². The number of aromatic nitrogens is 3. The van der Waals surface area contributed by atoms with Gasteiger partial charge in [-0.2, -0.15) is 0 Å². The molecule has 0 spiro atoms. The fraction of sp³-hybridized carbons (Fsp3) is 0.833. The lowest BCUT2D eigenvalue weighted by atomic mass is 9.51. The average Bonchev–Trinajstić information content (AvgIpc) is 2.61. The highest BCUT2D eigenvalue weighted by atomic mass is 35.5. The minimum Gasteiger partial charge on any atom is -0.390 e. The molecule has 4 bridgehead atoms. The largest absolute Gasteiger partial charge is 0.390 e. The highest BCUT2D eigenvalue weighted by Gasteiger charge is 2.58. The number of hydrogen-bond donors (Lipinski definition) is 1. The molecule has 4 fully saturated rings. The Bertz CT molecular complexity index is 458. The maximum Gasteiger partial charge on any atom is 0.242 e. The van der Waals surface area contributed by atoms with E-state index in [4.69, 9.17) is 11.6 Å². The summed E-state index contributed by atoms with van der Waals surface area (Å²) in [5.74, 6) is 1.31. The molecule has 5 heteroatoms. The zero-order chi connectivity index (χ0) is 11.7. The van der Waals surface area contributed by atoms with Crippen molar-refractivity contribution in [3.8, 4) is 0 Å². The van der Waals surface area contributed by atoms with E-state index < -0.39 is 5.60 Å². The van der Waals surface area contributed by atoms with Gasteiger partial charge in [-0.1, -0.05) is 0 Å². The van der Waals surface area contributed by atoms with Gasteiger partial charge in [0.1, 0.15) is 6.33 Å². The van der Waals surface area contributed by atoms with Crippen molar-refractivity contribution in [2.24, 2.45) is 11.8 Å². The van der Waals surface area contributed by atoms with E-state index in [0.717, 1.165) is 32.1 Å². The molecule has 1 N–H and O–H groups in total. The first-order valence-corrected chi connectivity index (χ1v) is 6.75. The summed E-state index contributed by atoms with van der Waals surface area (Å²) in [6.07, 6.45) is 8.07. The maximum absolute atomic E-state index is 10.6. The van der Waals surface area contributed by atoms with Crippen LogP contribution in [0.2, 0.25) is 5.28 Å². The molecule has 1 heterocycles. The SMILES string of the molecule is OC12CC3CC(C1)CC(n1cnc(Cl)n1)(C3)C2. The molecule has 2 unspecified atom stereocenters. The Morgan fingerprint density at radius 3 is 2.53 bits per heavy atom. The fourth-order valence-corrected chi connectivity index (χ4v) is 5.03. The molecule has 4 aliphatic carbocycles. The highest BCUT2D eigenvalue weighted by molar-refractivity contribution is 6.28. The molecule has 0 radical (unpaired) electrons. The van der Waals surface area contributed by atoms with Crippen LogP contribution in [-0.4, -0.2) is 25.5 Å². The van der Waals surface area contributed by atoms with Gasteiger partial charge in [-0.05, 0) is 55.5 Å². The number of halogens is 1. The lowest BCUT2D eigenvalue weighted by Gasteiger charge is -2.59. The van der Waals surface area contributed by atoms with E-state index in [1.165, 1.54) is 6.42 Å². The van der Waals surface area contributed by atoms with Gasteiger partial charge in [-0.15, -0.1) is 5.10 Å². The van der Waals surface area contributed by atoms with Crippen LogP contribution in [0.5, 0.6) is 0 Å². The van der Waals surface area contributed by atoms with E-state index in [1.807, 2.05) is 4.68 Å². The Morgan fingerprint density at radius 2 is 2.00 bits per heavy atom. The average molecular weight is 254 g/mol. The van der Waals surface area contributed by atoms with Gasteiger partial charge in [-0.3, -0.25) is 0 Å². The Labute approximate surface area is 105 Å². The second kappa shape index (κ2) is 3.04. The predicted octanol–water partition coefficient (Wildman–Crippen LogP) is 1.97. The molecule has 1 aromatic rings. The third-order valence-electron chi connectivity index (χ3n) is 4.95. The van der Waals surface area contributed by atoms with E-state index in [0.29, 0.717) is 17.1 Å². The molecule has 4 nitrogen and oxygen atoms in total. The van der Waals surface area contributed by atoms with Gasteiger partial charge in [0.25, 0.3) is 0 Å².